The number of hydrogen-bond donors (Lipinski definition) is 0. The van der Waals surface area contributed by atoms with E-state index in [4.69, 9.17) is 0 Å². The van der Waals surface area contributed by atoms with Crippen LogP contribution in [0.4, 0.5) is 0 Å². The molecule has 76 valence electrons. The average Bonchev–Trinajstić information content (AvgIpc) is 2.32. The second kappa shape index (κ2) is 5.94. The topological polar surface area (TPSA) is 20.3 Å². The molecule has 1 aliphatic rings. The molecule has 0 spiro atoms. The average molecular weight is 219 g/mol. The lowest BCUT2D eigenvalue weighted by Crippen LogP contribution is -2.34. The van der Waals surface area contributed by atoms with Gasteiger partial charge in [-0.15, -0.1) is 0 Å². The summed E-state index contributed by atoms with van der Waals surface area (Å²) in [5, 5.41) is 0. The summed E-state index contributed by atoms with van der Waals surface area (Å²) < 4.78 is 0. The minimum Gasteiger partial charge on any atom is -0.298 e. The van der Waals surface area contributed by atoms with E-state index in [9.17, 15) is 4.79 Å². The van der Waals surface area contributed by atoms with Gasteiger partial charge >= 0.3 is 0 Å². The van der Waals surface area contributed by atoms with E-state index in [0.29, 0.717) is 12.3 Å². The van der Waals surface area contributed by atoms with E-state index in [-0.39, 0.29) is 5.92 Å². The van der Waals surface area contributed by atoms with Gasteiger partial charge in [-0.05, 0) is 0 Å². The SMILES string of the molecule is CC(C)C(=O)CN1CCSSCC1. The lowest BCUT2D eigenvalue weighted by Gasteiger charge is -2.18. The number of Topliss-reactive ketones (excluding diaryl/α,β-unsaturated/α-hetero) is 1. The van der Waals surface area contributed by atoms with Crippen molar-refractivity contribution in [1.29, 1.82) is 0 Å². The highest BCUT2D eigenvalue weighted by atomic mass is 33.1. The molecule has 1 heterocycles. The molecule has 1 aliphatic heterocycles. The van der Waals surface area contributed by atoms with E-state index in [1.54, 1.807) is 0 Å². The number of carbonyl (C=O) groups excluding carboxylic acids is 1. The Balaban J connectivity index is 2.29. The minimum absolute atomic E-state index is 0.184. The van der Waals surface area contributed by atoms with Gasteiger partial charge in [0.1, 0.15) is 5.78 Å². The van der Waals surface area contributed by atoms with Crippen LogP contribution in [0.3, 0.4) is 0 Å². The lowest BCUT2D eigenvalue weighted by atomic mass is 10.1. The number of ketones is 1. The van der Waals surface area contributed by atoms with Crippen LogP contribution in [0.15, 0.2) is 0 Å². The molecule has 4 heteroatoms. The molecule has 0 aromatic heterocycles. The molecule has 0 saturated carbocycles. The molecule has 0 atom stereocenters. The third kappa shape index (κ3) is 4.38. The van der Waals surface area contributed by atoms with Gasteiger partial charge in [-0.1, -0.05) is 35.4 Å². The highest BCUT2D eigenvalue weighted by Crippen LogP contribution is 2.23. The van der Waals surface area contributed by atoms with Crippen LogP contribution in [-0.4, -0.2) is 41.8 Å². The summed E-state index contributed by atoms with van der Waals surface area (Å²) in [6.45, 7) is 6.73. The Kier molecular flexibility index (Phi) is 5.21. The van der Waals surface area contributed by atoms with Crippen LogP contribution in [-0.2, 0) is 4.79 Å². The van der Waals surface area contributed by atoms with E-state index in [0.717, 1.165) is 24.6 Å². The van der Waals surface area contributed by atoms with Gasteiger partial charge in [0, 0.05) is 30.5 Å². The fourth-order valence-corrected chi connectivity index (χ4v) is 3.18. The Morgan fingerprint density at radius 2 is 1.85 bits per heavy atom. The summed E-state index contributed by atoms with van der Waals surface area (Å²) in [7, 11) is 3.84. The first-order valence-corrected chi connectivity index (χ1v) is 7.18. The number of nitrogens with zero attached hydrogens (tertiary/aromatic N) is 1. The van der Waals surface area contributed by atoms with E-state index < -0.39 is 0 Å². The first kappa shape index (κ1) is 11.4. The van der Waals surface area contributed by atoms with Gasteiger partial charge in [0.25, 0.3) is 0 Å². The lowest BCUT2D eigenvalue weighted by molar-refractivity contribution is -0.122. The normalized spacial score (nSPS) is 20.2. The van der Waals surface area contributed by atoms with Crippen molar-refractivity contribution in [2.24, 2.45) is 5.92 Å². The maximum Gasteiger partial charge on any atom is 0.149 e. The molecule has 0 unspecified atom stereocenters. The van der Waals surface area contributed by atoms with E-state index in [1.165, 1.54) is 0 Å². The maximum absolute atomic E-state index is 11.5. The quantitative estimate of drug-likeness (QED) is 0.675. The monoisotopic (exact) mass is 219 g/mol. The molecule has 2 nitrogen and oxygen atoms in total. The van der Waals surface area contributed by atoms with Gasteiger partial charge in [0.2, 0.25) is 0 Å². The predicted octanol–water partition coefficient (Wildman–Crippen LogP) is 1.91. The highest BCUT2D eigenvalue weighted by Gasteiger charge is 2.15. The van der Waals surface area contributed by atoms with Crippen molar-refractivity contribution < 1.29 is 4.79 Å². The van der Waals surface area contributed by atoms with Gasteiger partial charge in [0.05, 0.1) is 6.54 Å². The molecular formula is C9H17NOS2. The number of rotatable bonds is 3. The standard InChI is InChI=1S/C9H17NOS2/c1-8(2)9(11)7-10-3-5-12-13-6-4-10/h8H,3-7H2,1-2H3. The first-order valence-electron chi connectivity index (χ1n) is 4.69. The number of carbonyl (C=O) groups is 1. The minimum atomic E-state index is 0.184. The van der Waals surface area contributed by atoms with E-state index in [2.05, 4.69) is 4.90 Å². The molecule has 0 N–H and O–H groups in total. The summed E-state index contributed by atoms with van der Waals surface area (Å²) in [6.07, 6.45) is 0. The molecule has 0 amide bonds. The summed E-state index contributed by atoms with van der Waals surface area (Å²) in [6, 6.07) is 0. The Bertz CT molecular complexity index is 165. The molecule has 0 aromatic carbocycles. The highest BCUT2D eigenvalue weighted by molar-refractivity contribution is 8.76. The van der Waals surface area contributed by atoms with Crippen molar-refractivity contribution in [1.82, 2.24) is 4.90 Å². The van der Waals surface area contributed by atoms with Crippen molar-refractivity contribution in [3.63, 3.8) is 0 Å². The van der Waals surface area contributed by atoms with Crippen molar-refractivity contribution in [2.75, 3.05) is 31.1 Å². The second-order valence-electron chi connectivity index (χ2n) is 3.54. The van der Waals surface area contributed by atoms with Crippen LogP contribution in [0, 0.1) is 5.92 Å². The molecule has 0 aromatic rings. The molecular weight excluding hydrogens is 202 g/mol. The second-order valence-corrected chi connectivity index (χ2v) is 6.24. The zero-order valence-electron chi connectivity index (χ0n) is 8.28. The van der Waals surface area contributed by atoms with Gasteiger partial charge in [-0.25, -0.2) is 0 Å². The van der Waals surface area contributed by atoms with E-state index >= 15 is 0 Å². The third-order valence-electron chi connectivity index (χ3n) is 2.09. The maximum atomic E-state index is 11.5. The van der Waals surface area contributed by atoms with Gasteiger partial charge < -0.3 is 0 Å². The molecule has 13 heavy (non-hydrogen) atoms. The van der Waals surface area contributed by atoms with Gasteiger partial charge in [-0.3, -0.25) is 9.69 Å². The zero-order chi connectivity index (χ0) is 9.68. The van der Waals surface area contributed by atoms with Crippen LogP contribution in [0.25, 0.3) is 0 Å². The van der Waals surface area contributed by atoms with Crippen LogP contribution < -0.4 is 0 Å². The molecule has 0 bridgehead atoms. The Morgan fingerprint density at radius 1 is 1.31 bits per heavy atom. The van der Waals surface area contributed by atoms with E-state index in [1.807, 2.05) is 35.4 Å². The summed E-state index contributed by atoms with van der Waals surface area (Å²) in [5.41, 5.74) is 0. The summed E-state index contributed by atoms with van der Waals surface area (Å²) in [5.74, 6) is 2.85. The van der Waals surface area contributed by atoms with Crippen molar-refractivity contribution in [3.05, 3.63) is 0 Å². The number of hydrogen-bond acceptors (Lipinski definition) is 4. The fraction of sp³-hybridized carbons (Fsp3) is 0.889. The van der Waals surface area contributed by atoms with Crippen molar-refractivity contribution in [3.8, 4) is 0 Å². The van der Waals surface area contributed by atoms with Crippen molar-refractivity contribution >= 4 is 27.4 Å². The third-order valence-corrected chi connectivity index (χ3v) is 4.45. The van der Waals surface area contributed by atoms with Gasteiger partial charge in [0.15, 0.2) is 0 Å². The Labute approximate surface area is 88.2 Å². The van der Waals surface area contributed by atoms with Crippen LogP contribution in [0.1, 0.15) is 13.8 Å². The molecule has 1 rings (SSSR count). The zero-order valence-corrected chi connectivity index (χ0v) is 9.92. The largest absolute Gasteiger partial charge is 0.298 e. The molecule has 0 radical (unpaired) electrons. The van der Waals surface area contributed by atoms with Crippen LogP contribution in [0.5, 0.6) is 0 Å². The smallest absolute Gasteiger partial charge is 0.149 e. The molecule has 0 aliphatic carbocycles. The Hall–Kier alpha value is 0.330. The first-order chi connectivity index (χ1) is 6.20. The summed E-state index contributed by atoms with van der Waals surface area (Å²) in [4.78, 5) is 13.7. The van der Waals surface area contributed by atoms with Crippen LogP contribution >= 0.6 is 21.6 Å². The van der Waals surface area contributed by atoms with Gasteiger partial charge in [-0.2, -0.15) is 0 Å². The fourth-order valence-electron chi connectivity index (χ4n) is 1.12. The Morgan fingerprint density at radius 3 is 2.31 bits per heavy atom. The molecule has 1 saturated heterocycles. The molecule has 1 fully saturated rings. The van der Waals surface area contributed by atoms with Crippen molar-refractivity contribution in [2.45, 2.75) is 13.8 Å². The van der Waals surface area contributed by atoms with Crippen LogP contribution in [0.2, 0.25) is 0 Å². The predicted molar refractivity (Wildman–Crippen MR) is 61.2 cm³/mol. The summed E-state index contributed by atoms with van der Waals surface area (Å²) >= 11 is 0.